The molecule has 0 radical (unpaired) electrons. The molecule has 29 heavy (non-hydrogen) atoms. The molecule has 0 saturated carbocycles. The topological polar surface area (TPSA) is 41.4 Å². The van der Waals surface area contributed by atoms with Crippen molar-refractivity contribution in [1.82, 2.24) is 19.6 Å². The minimum atomic E-state index is 0.0288. The number of carbonyl (C=O) groups is 1. The van der Waals surface area contributed by atoms with E-state index in [0.29, 0.717) is 11.6 Å². The summed E-state index contributed by atoms with van der Waals surface area (Å²) in [5, 5.41) is 4.35. The zero-order valence-electron chi connectivity index (χ0n) is 17.5. The van der Waals surface area contributed by atoms with Gasteiger partial charge in [0, 0.05) is 38.1 Å². The predicted octanol–water partition coefficient (Wildman–Crippen LogP) is 3.32. The maximum absolute atomic E-state index is 13.1. The normalized spacial score (nSPS) is 21.9. The number of rotatable bonds is 6. The third-order valence-corrected chi connectivity index (χ3v) is 7.72. The molecule has 2 aliphatic heterocycles. The molecule has 2 aromatic rings. The standard InChI is InChI=1S/C23H32N4OS/c1-25-12-10-21(24-25)23(28)26(2)22(16-18-6-4-3-5-7-18)19-8-13-27(14-9-19)20-11-15-29-17-20/h3-7,10,12,19-20,22H,8-9,11,13-17H2,1-2H3. The molecule has 0 N–H and O–H groups in total. The molecular formula is C23H32N4OS. The summed E-state index contributed by atoms with van der Waals surface area (Å²) in [5.41, 5.74) is 1.83. The van der Waals surface area contributed by atoms with Crippen LogP contribution >= 0.6 is 11.8 Å². The molecule has 3 heterocycles. The Hall–Kier alpha value is -1.79. The highest BCUT2D eigenvalue weighted by Gasteiger charge is 2.34. The Kier molecular flexibility index (Phi) is 6.60. The molecule has 1 aromatic carbocycles. The summed E-state index contributed by atoms with van der Waals surface area (Å²) in [6.07, 6.45) is 6.41. The predicted molar refractivity (Wildman–Crippen MR) is 119 cm³/mol. The summed E-state index contributed by atoms with van der Waals surface area (Å²) >= 11 is 2.09. The number of nitrogens with zero attached hydrogens (tertiary/aromatic N) is 4. The SMILES string of the molecule is CN(C(=O)c1ccn(C)n1)C(Cc1ccccc1)C1CCN(C2CCSC2)CC1. The summed E-state index contributed by atoms with van der Waals surface area (Å²) < 4.78 is 1.70. The van der Waals surface area contributed by atoms with Gasteiger partial charge in [-0.1, -0.05) is 30.3 Å². The number of aryl methyl sites for hydroxylation is 1. The molecule has 4 rings (SSSR count). The lowest BCUT2D eigenvalue weighted by Crippen LogP contribution is -2.49. The van der Waals surface area contributed by atoms with Gasteiger partial charge in [-0.25, -0.2) is 0 Å². The van der Waals surface area contributed by atoms with Crippen LogP contribution in [0.1, 0.15) is 35.3 Å². The smallest absolute Gasteiger partial charge is 0.274 e. The van der Waals surface area contributed by atoms with Crippen LogP contribution in [0.15, 0.2) is 42.6 Å². The molecule has 2 fully saturated rings. The molecular weight excluding hydrogens is 380 g/mol. The number of aromatic nitrogens is 2. The molecule has 0 bridgehead atoms. The highest BCUT2D eigenvalue weighted by Crippen LogP contribution is 2.31. The van der Waals surface area contributed by atoms with E-state index in [1.807, 2.05) is 31.3 Å². The Bertz CT molecular complexity index is 794. The van der Waals surface area contributed by atoms with Crippen LogP contribution in [0, 0.1) is 5.92 Å². The number of likely N-dealkylation sites (N-methyl/N-ethyl adjacent to an activating group) is 1. The number of hydrogen-bond donors (Lipinski definition) is 0. The fourth-order valence-electron chi connectivity index (χ4n) is 4.82. The zero-order valence-corrected chi connectivity index (χ0v) is 18.4. The van der Waals surface area contributed by atoms with Crippen molar-refractivity contribution in [3.63, 3.8) is 0 Å². The Morgan fingerprint density at radius 3 is 2.59 bits per heavy atom. The Labute approximate surface area is 178 Å². The second-order valence-corrected chi connectivity index (χ2v) is 9.59. The van der Waals surface area contributed by atoms with E-state index in [4.69, 9.17) is 0 Å². The number of carbonyl (C=O) groups excluding carboxylic acids is 1. The van der Waals surface area contributed by atoms with E-state index in [-0.39, 0.29) is 11.9 Å². The fourth-order valence-corrected chi connectivity index (χ4v) is 6.07. The zero-order chi connectivity index (χ0) is 20.2. The van der Waals surface area contributed by atoms with Gasteiger partial charge in [0.15, 0.2) is 0 Å². The van der Waals surface area contributed by atoms with E-state index in [1.165, 1.54) is 36.3 Å². The molecule has 2 saturated heterocycles. The van der Waals surface area contributed by atoms with E-state index >= 15 is 0 Å². The molecule has 2 aliphatic rings. The van der Waals surface area contributed by atoms with Gasteiger partial charge in [-0.05, 0) is 62.1 Å². The van der Waals surface area contributed by atoms with Crippen molar-refractivity contribution in [3.05, 3.63) is 53.9 Å². The van der Waals surface area contributed by atoms with Crippen molar-refractivity contribution in [2.45, 2.75) is 37.8 Å². The molecule has 0 aliphatic carbocycles. The second-order valence-electron chi connectivity index (χ2n) is 8.44. The van der Waals surface area contributed by atoms with Gasteiger partial charge < -0.3 is 4.90 Å². The largest absolute Gasteiger partial charge is 0.337 e. The first-order valence-corrected chi connectivity index (χ1v) is 11.9. The first-order chi connectivity index (χ1) is 14.1. The summed E-state index contributed by atoms with van der Waals surface area (Å²) in [6, 6.07) is 13.4. The van der Waals surface area contributed by atoms with Crippen LogP contribution in [0.4, 0.5) is 0 Å². The van der Waals surface area contributed by atoms with Crippen LogP contribution in [0.3, 0.4) is 0 Å². The number of amides is 1. The maximum Gasteiger partial charge on any atom is 0.274 e. The van der Waals surface area contributed by atoms with E-state index in [2.05, 4.69) is 52.1 Å². The van der Waals surface area contributed by atoms with E-state index in [1.54, 1.807) is 4.68 Å². The Morgan fingerprint density at radius 2 is 1.97 bits per heavy atom. The van der Waals surface area contributed by atoms with Crippen molar-refractivity contribution in [3.8, 4) is 0 Å². The van der Waals surface area contributed by atoms with E-state index in [9.17, 15) is 4.79 Å². The third-order valence-electron chi connectivity index (χ3n) is 6.58. The van der Waals surface area contributed by atoms with Gasteiger partial charge in [0.2, 0.25) is 0 Å². The molecule has 2 atom stereocenters. The van der Waals surface area contributed by atoms with Crippen LogP contribution in [0.25, 0.3) is 0 Å². The minimum Gasteiger partial charge on any atom is -0.337 e. The third kappa shape index (κ3) is 4.86. The number of benzene rings is 1. The summed E-state index contributed by atoms with van der Waals surface area (Å²) in [6.45, 7) is 2.32. The van der Waals surface area contributed by atoms with Gasteiger partial charge in [-0.2, -0.15) is 16.9 Å². The molecule has 156 valence electrons. The van der Waals surface area contributed by atoms with E-state index < -0.39 is 0 Å². The average Bonchev–Trinajstić information content (AvgIpc) is 3.44. The van der Waals surface area contributed by atoms with Crippen LogP contribution < -0.4 is 0 Å². The molecule has 2 unspecified atom stereocenters. The van der Waals surface area contributed by atoms with Gasteiger partial charge in [-0.15, -0.1) is 0 Å². The van der Waals surface area contributed by atoms with Gasteiger partial charge in [0.25, 0.3) is 5.91 Å². The van der Waals surface area contributed by atoms with Crippen LogP contribution in [0.5, 0.6) is 0 Å². The number of likely N-dealkylation sites (tertiary alicyclic amines) is 1. The lowest BCUT2D eigenvalue weighted by molar-refractivity contribution is 0.0551. The lowest BCUT2D eigenvalue weighted by atomic mass is 9.84. The minimum absolute atomic E-state index is 0.0288. The van der Waals surface area contributed by atoms with Crippen molar-refractivity contribution < 1.29 is 4.79 Å². The molecule has 1 amide bonds. The maximum atomic E-state index is 13.1. The van der Waals surface area contributed by atoms with Gasteiger partial charge >= 0.3 is 0 Å². The van der Waals surface area contributed by atoms with Crippen LogP contribution in [-0.2, 0) is 13.5 Å². The summed E-state index contributed by atoms with van der Waals surface area (Å²) in [5.74, 6) is 3.15. The Morgan fingerprint density at radius 1 is 1.21 bits per heavy atom. The van der Waals surface area contributed by atoms with Crippen molar-refractivity contribution >= 4 is 17.7 Å². The summed E-state index contributed by atoms with van der Waals surface area (Å²) in [7, 11) is 3.82. The number of hydrogen-bond acceptors (Lipinski definition) is 4. The van der Waals surface area contributed by atoms with Crippen molar-refractivity contribution in [2.75, 3.05) is 31.6 Å². The first-order valence-electron chi connectivity index (χ1n) is 10.7. The number of piperidine rings is 1. The van der Waals surface area contributed by atoms with Crippen LogP contribution in [0.2, 0.25) is 0 Å². The van der Waals surface area contributed by atoms with E-state index in [0.717, 1.165) is 25.6 Å². The number of thioether (sulfide) groups is 1. The highest BCUT2D eigenvalue weighted by atomic mass is 32.2. The van der Waals surface area contributed by atoms with Gasteiger partial charge in [-0.3, -0.25) is 14.4 Å². The van der Waals surface area contributed by atoms with Gasteiger partial charge in [0.05, 0.1) is 0 Å². The molecule has 1 aromatic heterocycles. The molecule has 5 nitrogen and oxygen atoms in total. The van der Waals surface area contributed by atoms with Crippen molar-refractivity contribution in [1.29, 1.82) is 0 Å². The quantitative estimate of drug-likeness (QED) is 0.730. The first kappa shape index (κ1) is 20.5. The van der Waals surface area contributed by atoms with Gasteiger partial charge in [0.1, 0.15) is 5.69 Å². The fraction of sp³-hybridized carbons (Fsp3) is 0.565. The Balaban J connectivity index is 1.48. The average molecular weight is 413 g/mol. The monoisotopic (exact) mass is 412 g/mol. The van der Waals surface area contributed by atoms with Crippen LogP contribution in [-0.4, -0.2) is 69.2 Å². The highest BCUT2D eigenvalue weighted by molar-refractivity contribution is 7.99. The van der Waals surface area contributed by atoms with Crippen molar-refractivity contribution in [2.24, 2.45) is 13.0 Å². The second kappa shape index (κ2) is 9.35. The molecule has 6 heteroatoms. The lowest BCUT2D eigenvalue weighted by Gasteiger charge is -2.41. The summed E-state index contributed by atoms with van der Waals surface area (Å²) in [4.78, 5) is 17.8. The molecule has 0 spiro atoms.